The van der Waals surface area contributed by atoms with Crippen molar-refractivity contribution in [2.45, 2.75) is 71.4 Å². The average molecular weight is 518 g/mol. The van der Waals surface area contributed by atoms with Gasteiger partial charge >= 0.3 is 6.18 Å². The number of aryl methyl sites for hydroxylation is 2. The Morgan fingerprint density at radius 3 is 2.59 bits per heavy atom. The van der Waals surface area contributed by atoms with Crippen LogP contribution in [0.3, 0.4) is 0 Å². The molecule has 3 aromatic rings. The third-order valence-corrected chi connectivity index (χ3v) is 7.45. The van der Waals surface area contributed by atoms with Gasteiger partial charge in [0, 0.05) is 44.8 Å². The Labute approximate surface area is 213 Å². The van der Waals surface area contributed by atoms with E-state index in [2.05, 4.69) is 9.97 Å². The number of benzene rings is 1. The van der Waals surface area contributed by atoms with Crippen molar-refractivity contribution in [1.82, 2.24) is 19.4 Å². The highest BCUT2D eigenvalue weighted by Gasteiger charge is 2.42. The molecule has 1 aliphatic heterocycles. The summed E-state index contributed by atoms with van der Waals surface area (Å²) in [6, 6.07) is 4.80. The van der Waals surface area contributed by atoms with Gasteiger partial charge in [-0.05, 0) is 51.0 Å². The van der Waals surface area contributed by atoms with E-state index < -0.39 is 23.5 Å². The van der Waals surface area contributed by atoms with Crippen LogP contribution in [0.25, 0.3) is 10.9 Å². The lowest BCUT2D eigenvalue weighted by atomic mass is 9.85. The van der Waals surface area contributed by atoms with Crippen LogP contribution in [0.2, 0.25) is 0 Å². The molecule has 1 saturated heterocycles. The molecule has 6 nitrogen and oxygen atoms in total. The lowest BCUT2D eigenvalue weighted by Gasteiger charge is -2.40. The fourth-order valence-corrected chi connectivity index (χ4v) is 5.27. The number of carbonyl (C=O) groups excluding carboxylic acids is 1. The number of pyridine rings is 1. The van der Waals surface area contributed by atoms with E-state index in [1.165, 1.54) is 19.9 Å². The second kappa shape index (κ2) is 9.54. The van der Waals surface area contributed by atoms with E-state index in [0.29, 0.717) is 27.8 Å². The number of nitrogens with zero attached hydrogens (tertiary/aromatic N) is 5. The molecule has 2 aromatic heterocycles. The molecule has 0 radical (unpaired) electrons. The summed E-state index contributed by atoms with van der Waals surface area (Å²) in [7, 11) is 1.81. The average Bonchev–Trinajstić information content (AvgIpc) is 2.81. The first kappa shape index (κ1) is 26.8. The SMILES string of the molecule is CC(=O)N1CCC(F)(c2cc3/c(=N/[C@H](C)c4cccc(C(F)(F)F)c4C)nc(C)n(C)c3cn2)C[C@H]1C. The molecule has 198 valence electrons. The van der Waals surface area contributed by atoms with Crippen molar-refractivity contribution < 1.29 is 22.4 Å². The molecule has 37 heavy (non-hydrogen) atoms. The predicted octanol–water partition coefficient (Wildman–Crippen LogP) is 5.46. The van der Waals surface area contributed by atoms with E-state index >= 15 is 4.39 Å². The number of hydrogen-bond donors (Lipinski definition) is 0. The Bertz CT molecular complexity index is 1430. The molecule has 1 fully saturated rings. The second-order valence-electron chi connectivity index (χ2n) is 9.93. The highest BCUT2D eigenvalue weighted by Crippen LogP contribution is 2.39. The zero-order valence-corrected chi connectivity index (χ0v) is 21.8. The summed E-state index contributed by atoms with van der Waals surface area (Å²) in [5.74, 6) is 0.541. The number of rotatable bonds is 3. The Morgan fingerprint density at radius 1 is 1.27 bits per heavy atom. The zero-order valence-electron chi connectivity index (χ0n) is 21.8. The molecular formula is C27H31F4N5O. The Morgan fingerprint density at radius 2 is 1.97 bits per heavy atom. The fourth-order valence-electron chi connectivity index (χ4n) is 5.27. The van der Waals surface area contributed by atoms with Crippen molar-refractivity contribution in [1.29, 1.82) is 0 Å². The highest BCUT2D eigenvalue weighted by molar-refractivity contribution is 5.78. The molecule has 0 N–H and O–H groups in total. The Kier molecular flexibility index (Phi) is 6.90. The van der Waals surface area contributed by atoms with Gasteiger partial charge in [-0.25, -0.2) is 9.37 Å². The largest absolute Gasteiger partial charge is 0.416 e. The summed E-state index contributed by atoms with van der Waals surface area (Å²) in [6.45, 7) is 8.54. The van der Waals surface area contributed by atoms with Crippen LogP contribution in [0.4, 0.5) is 17.6 Å². The van der Waals surface area contributed by atoms with Crippen LogP contribution >= 0.6 is 0 Å². The molecule has 1 aromatic carbocycles. The van der Waals surface area contributed by atoms with Gasteiger partial charge in [0.2, 0.25) is 5.91 Å². The number of halogens is 4. The molecule has 0 spiro atoms. The third kappa shape index (κ3) is 4.98. The van der Waals surface area contributed by atoms with Gasteiger partial charge in [-0.15, -0.1) is 0 Å². The minimum atomic E-state index is -4.47. The van der Waals surface area contributed by atoms with Crippen LogP contribution in [0, 0.1) is 13.8 Å². The Balaban J connectivity index is 1.83. The predicted molar refractivity (Wildman–Crippen MR) is 132 cm³/mol. The molecule has 0 saturated carbocycles. The number of alkyl halides is 4. The van der Waals surface area contributed by atoms with E-state index in [0.717, 1.165) is 6.07 Å². The molecule has 3 atom stereocenters. The van der Waals surface area contributed by atoms with Gasteiger partial charge in [-0.3, -0.25) is 14.8 Å². The second-order valence-corrected chi connectivity index (χ2v) is 9.93. The summed E-state index contributed by atoms with van der Waals surface area (Å²) >= 11 is 0. The lowest BCUT2D eigenvalue weighted by molar-refractivity contribution is -0.138. The third-order valence-electron chi connectivity index (χ3n) is 7.45. The molecule has 1 aliphatic rings. The summed E-state index contributed by atoms with van der Waals surface area (Å²) in [4.78, 5) is 27.3. The molecule has 1 amide bonds. The van der Waals surface area contributed by atoms with E-state index in [1.54, 1.807) is 37.1 Å². The summed E-state index contributed by atoms with van der Waals surface area (Å²) in [5, 5.41) is 0.563. The van der Waals surface area contributed by atoms with Gasteiger partial charge in [0.15, 0.2) is 11.2 Å². The van der Waals surface area contributed by atoms with Gasteiger partial charge in [-0.1, -0.05) is 12.1 Å². The number of likely N-dealkylation sites (tertiary alicyclic amines) is 1. The van der Waals surface area contributed by atoms with Crippen molar-refractivity contribution in [2.24, 2.45) is 12.0 Å². The van der Waals surface area contributed by atoms with Crippen molar-refractivity contribution in [3.8, 4) is 0 Å². The van der Waals surface area contributed by atoms with Gasteiger partial charge < -0.3 is 9.47 Å². The molecule has 3 heterocycles. The quantitative estimate of drug-likeness (QED) is 0.434. The highest BCUT2D eigenvalue weighted by atomic mass is 19.4. The number of amides is 1. The zero-order chi connectivity index (χ0) is 27.3. The Hall–Kier alpha value is -3.30. The maximum Gasteiger partial charge on any atom is 0.416 e. The summed E-state index contributed by atoms with van der Waals surface area (Å²) < 4.78 is 58.4. The van der Waals surface area contributed by atoms with Gasteiger partial charge in [-0.2, -0.15) is 13.2 Å². The van der Waals surface area contributed by atoms with E-state index in [4.69, 9.17) is 4.99 Å². The maximum absolute atomic E-state index is 16.2. The van der Waals surface area contributed by atoms with Crippen molar-refractivity contribution in [2.75, 3.05) is 6.54 Å². The molecule has 1 unspecified atom stereocenters. The minimum absolute atomic E-state index is 0.0901. The molecule has 10 heteroatoms. The monoisotopic (exact) mass is 517 g/mol. The van der Waals surface area contributed by atoms with Crippen molar-refractivity contribution >= 4 is 16.8 Å². The standard InChI is InChI=1S/C27H31F4N5O/c1-15-13-26(28,10-11-36(15)19(5)37)24-12-21-23(14-32-24)35(6)18(4)34-25(21)33-17(3)20-8-7-9-22(16(20)2)27(29,30)31/h7-9,12,14-15,17H,10-11,13H2,1-6H3/b33-25-/t15-,17-,26?/m1/s1. The fraction of sp³-hybridized carbons (Fsp3) is 0.481. The molecular weight excluding hydrogens is 486 g/mol. The number of fused-ring (bicyclic) bond motifs is 1. The van der Waals surface area contributed by atoms with Crippen molar-refractivity contribution in [3.05, 3.63) is 64.2 Å². The topological polar surface area (TPSA) is 63.4 Å². The first-order chi connectivity index (χ1) is 17.2. The smallest absolute Gasteiger partial charge is 0.340 e. The van der Waals surface area contributed by atoms with Crippen LogP contribution < -0.4 is 5.49 Å². The van der Waals surface area contributed by atoms with E-state index in [-0.39, 0.29) is 42.6 Å². The minimum Gasteiger partial charge on any atom is -0.340 e. The van der Waals surface area contributed by atoms with Crippen LogP contribution in [0.1, 0.15) is 67.9 Å². The van der Waals surface area contributed by atoms with Crippen LogP contribution in [-0.4, -0.2) is 37.9 Å². The van der Waals surface area contributed by atoms with Gasteiger partial charge in [0.05, 0.1) is 29.0 Å². The van der Waals surface area contributed by atoms with Crippen LogP contribution in [0.15, 0.2) is 35.5 Å². The molecule has 0 aliphatic carbocycles. The molecule has 4 rings (SSSR count). The normalized spacial score (nSPS) is 21.9. The van der Waals surface area contributed by atoms with Crippen LogP contribution in [0.5, 0.6) is 0 Å². The number of carbonyl (C=O) groups is 1. The first-order valence-electron chi connectivity index (χ1n) is 12.2. The van der Waals surface area contributed by atoms with E-state index in [9.17, 15) is 18.0 Å². The number of hydrogen-bond acceptors (Lipinski definition) is 4. The first-order valence-corrected chi connectivity index (χ1v) is 12.2. The van der Waals surface area contributed by atoms with Gasteiger partial charge in [0.25, 0.3) is 0 Å². The number of piperidine rings is 1. The van der Waals surface area contributed by atoms with Crippen molar-refractivity contribution in [3.63, 3.8) is 0 Å². The van der Waals surface area contributed by atoms with Crippen LogP contribution in [-0.2, 0) is 23.7 Å². The summed E-state index contributed by atoms with van der Waals surface area (Å²) in [6.07, 6.45) is -2.65. The number of aromatic nitrogens is 3. The van der Waals surface area contributed by atoms with E-state index in [1.807, 2.05) is 18.5 Å². The summed E-state index contributed by atoms with van der Waals surface area (Å²) in [5.41, 5.74) is -0.638. The lowest BCUT2D eigenvalue weighted by Crippen LogP contribution is -2.48. The molecule has 0 bridgehead atoms. The van der Waals surface area contributed by atoms with Gasteiger partial charge in [0.1, 0.15) is 5.82 Å². The maximum atomic E-state index is 16.2.